The van der Waals surface area contributed by atoms with Crippen molar-refractivity contribution in [2.24, 2.45) is 0 Å². The molecule has 3 aromatic rings. The Labute approximate surface area is 185 Å². The molecule has 4 nitrogen and oxygen atoms in total. The van der Waals surface area contributed by atoms with E-state index in [1.807, 2.05) is 24.4 Å². The predicted octanol–water partition coefficient (Wildman–Crippen LogP) is 4.91. The molecule has 4 rings (SSSR count). The molecule has 1 aliphatic rings. The van der Waals surface area contributed by atoms with Crippen LogP contribution in [0.5, 0.6) is 0 Å². The quantitative estimate of drug-likeness (QED) is 0.646. The standard InChI is InChI=1S/C27H31N3O/c1-27(2,3)24-12-10-21(11-13-24)26(31)29-18-25(22-9-6-15-28-17-22)30-16-14-20-7-4-5-8-23(20)19-30/h4-13,15,17,25H,14,16,18-19H2,1-3H3,(H,29,31)/t25-/m1/s1. The molecule has 0 unspecified atom stereocenters. The highest BCUT2D eigenvalue weighted by molar-refractivity contribution is 5.94. The summed E-state index contributed by atoms with van der Waals surface area (Å²) < 4.78 is 0. The SMILES string of the molecule is CC(C)(C)c1ccc(C(=O)NC[C@H](c2cccnc2)N2CCc3ccccc3C2)cc1. The fourth-order valence-corrected chi connectivity index (χ4v) is 4.23. The smallest absolute Gasteiger partial charge is 0.251 e. The average molecular weight is 414 g/mol. The number of nitrogens with zero attached hydrogens (tertiary/aromatic N) is 2. The van der Waals surface area contributed by atoms with Gasteiger partial charge in [0.15, 0.2) is 0 Å². The maximum absolute atomic E-state index is 12.9. The summed E-state index contributed by atoms with van der Waals surface area (Å²) in [5.41, 5.74) is 5.92. The largest absolute Gasteiger partial charge is 0.350 e. The van der Waals surface area contributed by atoms with Crippen LogP contribution in [-0.2, 0) is 18.4 Å². The number of fused-ring (bicyclic) bond motifs is 1. The molecule has 0 fully saturated rings. The van der Waals surface area contributed by atoms with E-state index < -0.39 is 0 Å². The lowest BCUT2D eigenvalue weighted by atomic mass is 9.86. The van der Waals surface area contributed by atoms with Gasteiger partial charge in [-0.25, -0.2) is 0 Å². The highest BCUT2D eigenvalue weighted by Gasteiger charge is 2.25. The third-order valence-electron chi connectivity index (χ3n) is 6.14. The number of carbonyl (C=O) groups excluding carboxylic acids is 1. The third-order valence-corrected chi connectivity index (χ3v) is 6.14. The normalized spacial score (nSPS) is 15.2. The molecule has 4 heteroatoms. The lowest BCUT2D eigenvalue weighted by Gasteiger charge is -2.36. The first-order valence-electron chi connectivity index (χ1n) is 11.0. The summed E-state index contributed by atoms with van der Waals surface area (Å²) in [6.07, 6.45) is 4.73. The van der Waals surface area contributed by atoms with Crippen molar-refractivity contribution in [1.29, 1.82) is 0 Å². The molecule has 1 aromatic heterocycles. The Balaban J connectivity index is 1.49. The summed E-state index contributed by atoms with van der Waals surface area (Å²) in [5, 5.41) is 3.17. The minimum absolute atomic E-state index is 0.0354. The molecule has 1 aliphatic heterocycles. The van der Waals surface area contributed by atoms with Crippen molar-refractivity contribution >= 4 is 5.91 Å². The fraction of sp³-hybridized carbons (Fsp3) is 0.333. The zero-order valence-corrected chi connectivity index (χ0v) is 18.6. The van der Waals surface area contributed by atoms with Crippen LogP contribution in [0.25, 0.3) is 0 Å². The van der Waals surface area contributed by atoms with Crippen LogP contribution in [0.3, 0.4) is 0 Å². The van der Waals surface area contributed by atoms with Crippen molar-refractivity contribution in [3.05, 3.63) is 101 Å². The molecule has 0 spiro atoms. The molecule has 0 saturated heterocycles. The average Bonchev–Trinajstić information content (AvgIpc) is 2.79. The Kier molecular flexibility index (Phi) is 6.19. The van der Waals surface area contributed by atoms with E-state index in [4.69, 9.17) is 0 Å². The molecule has 31 heavy (non-hydrogen) atoms. The van der Waals surface area contributed by atoms with Gasteiger partial charge in [0.25, 0.3) is 5.91 Å². The monoisotopic (exact) mass is 413 g/mol. The molecule has 2 heterocycles. The molecule has 2 aromatic carbocycles. The van der Waals surface area contributed by atoms with Crippen molar-refractivity contribution in [2.45, 2.75) is 45.2 Å². The van der Waals surface area contributed by atoms with E-state index in [1.165, 1.54) is 16.7 Å². The van der Waals surface area contributed by atoms with E-state index in [2.05, 4.69) is 78.4 Å². The van der Waals surface area contributed by atoms with Gasteiger partial charge in [-0.3, -0.25) is 14.7 Å². The Morgan fingerprint density at radius 2 is 1.77 bits per heavy atom. The predicted molar refractivity (Wildman–Crippen MR) is 125 cm³/mol. The molecule has 1 amide bonds. The number of amides is 1. The summed E-state index contributed by atoms with van der Waals surface area (Å²) in [5.74, 6) is -0.0354. The second kappa shape index (κ2) is 9.03. The van der Waals surface area contributed by atoms with E-state index in [0.29, 0.717) is 12.1 Å². The van der Waals surface area contributed by atoms with Gasteiger partial charge in [0.1, 0.15) is 0 Å². The number of aromatic nitrogens is 1. The summed E-state index contributed by atoms with van der Waals surface area (Å²) in [6, 6.07) is 20.7. The Hall–Kier alpha value is -2.98. The second-order valence-corrected chi connectivity index (χ2v) is 9.33. The number of rotatable bonds is 5. The van der Waals surface area contributed by atoms with Crippen molar-refractivity contribution in [2.75, 3.05) is 13.1 Å². The number of pyridine rings is 1. The van der Waals surface area contributed by atoms with Gasteiger partial charge in [-0.1, -0.05) is 63.2 Å². The Morgan fingerprint density at radius 3 is 2.45 bits per heavy atom. The molecular formula is C27H31N3O. The van der Waals surface area contributed by atoms with Crippen molar-refractivity contribution in [3.63, 3.8) is 0 Å². The number of hydrogen-bond acceptors (Lipinski definition) is 3. The fourth-order valence-electron chi connectivity index (χ4n) is 4.23. The number of benzene rings is 2. The molecule has 1 atom stereocenters. The molecular weight excluding hydrogens is 382 g/mol. The minimum Gasteiger partial charge on any atom is -0.350 e. The molecule has 0 aliphatic carbocycles. The lowest BCUT2D eigenvalue weighted by Crippen LogP contribution is -2.40. The molecule has 1 N–H and O–H groups in total. The van der Waals surface area contributed by atoms with E-state index in [9.17, 15) is 4.79 Å². The van der Waals surface area contributed by atoms with Crippen LogP contribution in [0.2, 0.25) is 0 Å². The van der Waals surface area contributed by atoms with Gasteiger partial charge in [-0.05, 0) is 52.3 Å². The van der Waals surface area contributed by atoms with Gasteiger partial charge in [-0.15, -0.1) is 0 Å². The van der Waals surface area contributed by atoms with Crippen molar-refractivity contribution < 1.29 is 4.79 Å². The third kappa shape index (κ3) is 5.02. The van der Waals surface area contributed by atoms with Crippen LogP contribution in [0.4, 0.5) is 0 Å². The molecule has 0 radical (unpaired) electrons. The van der Waals surface area contributed by atoms with Crippen LogP contribution in [-0.4, -0.2) is 28.9 Å². The van der Waals surface area contributed by atoms with Crippen molar-refractivity contribution in [3.8, 4) is 0 Å². The zero-order chi connectivity index (χ0) is 21.8. The maximum Gasteiger partial charge on any atom is 0.251 e. The van der Waals surface area contributed by atoms with Gasteiger partial charge in [0, 0.05) is 37.6 Å². The zero-order valence-electron chi connectivity index (χ0n) is 18.6. The van der Waals surface area contributed by atoms with Crippen LogP contribution in [0, 0.1) is 0 Å². The van der Waals surface area contributed by atoms with Crippen LogP contribution >= 0.6 is 0 Å². The first-order chi connectivity index (χ1) is 14.9. The summed E-state index contributed by atoms with van der Waals surface area (Å²) in [4.78, 5) is 19.6. The summed E-state index contributed by atoms with van der Waals surface area (Å²) in [6.45, 7) is 8.93. The summed E-state index contributed by atoms with van der Waals surface area (Å²) in [7, 11) is 0. The highest BCUT2D eigenvalue weighted by Crippen LogP contribution is 2.27. The van der Waals surface area contributed by atoms with Gasteiger partial charge >= 0.3 is 0 Å². The lowest BCUT2D eigenvalue weighted by molar-refractivity contribution is 0.0927. The molecule has 0 bridgehead atoms. The number of hydrogen-bond donors (Lipinski definition) is 1. The Bertz CT molecular complexity index is 1020. The highest BCUT2D eigenvalue weighted by atomic mass is 16.1. The van der Waals surface area contributed by atoms with Gasteiger partial charge in [0.2, 0.25) is 0 Å². The number of carbonyl (C=O) groups is 1. The van der Waals surface area contributed by atoms with E-state index in [-0.39, 0.29) is 17.4 Å². The van der Waals surface area contributed by atoms with E-state index in [0.717, 1.165) is 25.1 Å². The maximum atomic E-state index is 12.9. The first-order valence-corrected chi connectivity index (χ1v) is 11.0. The Morgan fingerprint density at radius 1 is 1.03 bits per heavy atom. The summed E-state index contributed by atoms with van der Waals surface area (Å²) >= 11 is 0. The molecule has 0 saturated carbocycles. The van der Waals surface area contributed by atoms with Crippen LogP contribution < -0.4 is 5.32 Å². The van der Waals surface area contributed by atoms with Crippen LogP contribution in [0.1, 0.15) is 59.4 Å². The van der Waals surface area contributed by atoms with E-state index >= 15 is 0 Å². The minimum atomic E-state index is -0.0354. The van der Waals surface area contributed by atoms with Gasteiger partial charge in [0.05, 0.1) is 6.04 Å². The van der Waals surface area contributed by atoms with E-state index in [1.54, 1.807) is 6.20 Å². The van der Waals surface area contributed by atoms with Crippen LogP contribution in [0.15, 0.2) is 73.1 Å². The topological polar surface area (TPSA) is 45.2 Å². The van der Waals surface area contributed by atoms with Gasteiger partial charge in [-0.2, -0.15) is 0 Å². The number of nitrogens with one attached hydrogen (secondary N) is 1. The molecule has 160 valence electrons. The first kappa shape index (κ1) is 21.3. The second-order valence-electron chi connectivity index (χ2n) is 9.33. The van der Waals surface area contributed by atoms with Gasteiger partial charge < -0.3 is 5.32 Å². The van der Waals surface area contributed by atoms with Crippen molar-refractivity contribution in [1.82, 2.24) is 15.2 Å².